The van der Waals surface area contributed by atoms with Crippen molar-refractivity contribution in [3.05, 3.63) is 65.1 Å². The number of rotatable bonds is 2. The second kappa shape index (κ2) is 5.84. The lowest BCUT2D eigenvalue weighted by Crippen LogP contribution is -2.34. The third-order valence-corrected chi connectivity index (χ3v) is 5.05. The van der Waals surface area contributed by atoms with E-state index in [1.165, 1.54) is 0 Å². The lowest BCUT2D eigenvalue weighted by molar-refractivity contribution is -0.649. The molecule has 0 spiro atoms. The third-order valence-electron chi connectivity index (χ3n) is 5.05. The number of nitrogens with zero attached hydrogens (tertiary/aromatic N) is 4. The lowest BCUT2D eigenvalue weighted by atomic mass is 10.0. The van der Waals surface area contributed by atoms with Crippen molar-refractivity contribution < 1.29 is 12.8 Å². The molecule has 3 heterocycles. The van der Waals surface area contributed by atoms with Crippen molar-refractivity contribution in [2.75, 3.05) is 0 Å². The zero-order valence-corrected chi connectivity index (χ0v) is 15.3. The van der Waals surface area contributed by atoms with Crippen molar-refractivity contribution in [1.29, 1.82) is 0 Å². The summed E-state index contributed by atoms with van der Waals surface area (Å²) in [6.07, 6.45) is 1.89. The highest BCUT2D eigenvalue weighted by Crippen LogP contribution is 2.26. The fourth-order valence-electron chi connectivity index (χ4n) is 3.45. The summed E-state index contributed by atoms with van der Waals surface area (Å²) in [7, 11) is 3.79. The molecule has 0 atom stereocenters. The molecule has 4 aromatic rings. The minimum Gasteiger partial charge on any atom is -0.308 e. The van der Waals surface area contributed by atoms with Gasteiger partial charge in [0.15, 0.2) is 0 Å². The van der Waals surface area contributed by atoms with Gasteiger partial charge in [-0.1, -0.05) is 17.7 Å². The van der Waals surface area contributed by atoms with Gasteiger partial charge in [-0.2, -0.15) is 4.57 Å². The standard InChI is InChI=1S/C22H25N4/c1-14-10-11-15(2)18(12-14)19-8-7-9-20(24(19)5)21-13-26-17(4)16(3)23-22(26)25(21)6/h7-13H,1-6H3/q+1/i1D3,3D3. The molecule has 0 radical (unpaired) electrons. The molecule has 4 nitrogen and oxygen atoms in total. The largest absolute Gasteiger partial charge is 0.308 e. The molecule has 0 aliphatic rings. The van der Waals surface area contributed by atoms with Gasteiger partial charge in [0.1, 0.15) is 12.7 Å². The predicted octanol–water partition coefficient (Wildman–Crippen LogP) is 4.06. The Kier molecular flexibility index (Phi) is 2.46. The van der Waals surface area contributed by atoms with Gasteiger partial charge >= 0.3 is 0 Å². The topological polar surface area (TPSA) is 26.1 Å². The van der Waals surface area contributed by atoms with E-state index >= 15 is 0 Å². The maximum Gasteiger partial charge on any atom is 0.231 e. The SMILES string of the molecule is [2H]C([2H])([2H])c1ccc(C)c(-c2cccc(-c3cn4c(C)c(C([2H])([2H])[2H])nc4n3C)[n+]2C)c1. The van der Waals surface area contributed by atoms with E-state index in [9.17, 15) is 0 Å². The average Bonchev–Trinajstić information content (AvgIpc) is 3.19. The second-order valence-electron chi connectivity index (χ2n) is 6.67. The molecular weight excluding hydrogens is 320 g/mol. The van der Waals surface area contributed by atoms with Gasteiger partial charge in [0.2, 0.25) is 17.2 Å². The van der Waals surface area contributed by atoms with Crippen molar-refractivity contribution in [1.82, 2.24) is 14.0 Å². The van der Waals surface area contributed by atoms with E-state index < -0.39 is 13.7 Å². The number of benzene rings is 1. The molecule has 0 bridgehead atoms. The summed E-state index contributed by atoms with van der Waals surface area (Å²) in [4.78, 5) is 4.38. The summed E-state index contributed by atoms with van der Waals surface area (Å²) in [5.41, 5.74) is 5.45. The normalized spacial score (nSPS) is 15.8. The van der Waals surface area contributed by atoms with Crippen LogP contribution in [0.3, 0.4) is 0 Å². The van der Waals surface area contributed by atoms with Gasteiger partial charge in [-0.3, -0.25) is 4.40 Å². The Morgan fingerprint density at radius 1 is 1.08 bits per heavy atom. The van der Waals surface area contributed by atoms with Crippen LogP contribution in [0.5, 0.6) is 0 Å². The first-order chi connectivity index (χ1) is 14.8. The summed E-state index contributed by atoms with van der Waals surface area (Å²) in [6, 6.07) is 11.1. The van der Waals surface area contributed by atoms with Crippen LogP contribution in [0.1, 0.15) is 30.7 Å². The molecular formula is C22H25N4+. The molecule has 132 valence electrons. The van der Waals surface area contributed by atoms with E-state index in [0.29, 0.717) is 17.0 Å². The van der Waals surface area contributed by atoms with Gasteiger partial charge in [-0.15, -0.1) is 0 Å². The molecule has 0 aliphatic carbocycles. The van der Waals surface area contributed by atoms with E-state index in [-0.39, 0.29) is 5.69 Å². The van der Waals surface area contributed by atoms with E-state index in [4.69, 9.17) is 8.22 Å². The highest BCUT2D eigenvalue weighted by atomic mass is 15.2. The highest BCUT2D eigenvalue weighted by molar-refractivity contribution is 5.64. The first kappa shape index (κ1) is 11.0. The second-order valence-corrected chi connectivity index (χ2v) is 6.67. The number of hydrogen-bond donors (Lipinski definition) is 0. The van der Waals surface area contributed by atoms with Gasteiger partial charge in [-0.05, 0) is 45.2 Å². The van der Waals surface area contributed by atoms with Crippen molar-refractivity contribution in [3.63, 3.8) is 0 Å². The Hall–Kier alpha value is -2.88. The van der Waals surface area contributed by atoms with Gasteiger partial charge < -0.3 is 4.57 Å². The molecule has 4 rings (SSSR count). The third kappa shape index (κ3) is 2.37. The van der Waals surface area contributed by atoms with Gasteiger partial charge in [0, 0.05) is 44.9 Å². The Bertz CT molecular complexity index is 1340. The molecule has 0 amide bonds. The lowest BCUT2D eigenvalue weighted by Gasteiger charge is -2.09. The number of imidazole rings is 2. The quantitative estimate of drug-likeness (QED) is 0.500. The minimum atomic E-state index is -2.27. The zero-order chi connectivity index (χ0) is 23.6. The Morgan fingerprint density at radius 3 is 2.62 bits per heavy atom. The molecule has 4 heteroatoms. The predicted molar refractivity (Wildman–Crippen MR) is 105 cm³/mol. The summed E-state index contributed by atoms with van der Waals surface area (Å²) in [5.74, 6) is 0.551. The van der Waals surface area contributed by atoms with Crippen LogP contribution in [0.4, 0.5) is 0 Å². The van der Waals surface area contributed by atoms with Crippen molar-refractivity contribution in [2.45, 2.75) is 27.6 Å². The number of hydrogen-bond acceptors (Lipinski definition) is 1. The molecule has 3 aromatic heterocycles. The van der Waals surface area contributed by atoms with Crippen LogP contribution < -0.4 is 4.57 Å². The molecule has 0 N–H and O–H groups in total. The van der Waals surface area contributed by atoms with E-state index in [2.05, 4.69) is 4.98 Å². The molecule has 0 fully saturated rings. The van der Waals surface area contributed by atoms with Gasteiger partial charge in [0.05, 0.1) is 5.69 Å². The first-order valence-corrected chi connectivity index (χ1v) is 8.46. The van der Waals surface area contributed by atoms with Crippen molar-refractivity contribution in [2.24, 2.45) is 14.1 Å². The average molecular weight is 352 g/mol. The number of aryl methyl sites for hydroxylation is 5. The molecule has 0 saturated carbocycles. The molecule has 0 unspecified atom stereocenters. The summed E-state index contributed by atoms with van der Waals surface area (Å²) >= 11 is 0. The van der Waals surface area contributed by atoms with Gasteiger partial charge in [-0.25, -0.2) is 4.98 Å². The number of aromatic nitrogens is 4. The van der Waals surface area contributed by atoms with Crippen LogP contribution in [-0.4, -0.2) is 14.0 Å². The van der Waals surface area contributed by atoms with Crippen LogP contribution in [-0.2, 0) is 14.1 Å². The smallest absolute Gasteiger partial charge is 0.231 e. The van der Waals surface area contributed by atoms with Crippen LogP contribution in [0.25, 0.3) is 28.4 Å². The van der Waals surface area contributed by atoms with Crippen LogP contribution in [0.15, 0.2) is 42.6 Å². The maximum atomic E-state index is 7.76. The highest BCUT2D eigenvalue weighted by Gasteiger charge is 2.22. The molecule has 0 saturated heterocycles. The molecule has 0 aliphatic heterocycles. The van der Waals surface area contributed by atoms with Crippen LogP contribution in [0, 0.1) is 27.6 Å². The molecule has 26 heavy (non-hydrogen) atoms. The van der Waals surface area contributed by atoms with E-state index in [0.717, 1.165) is 28.2 Å². The van der Waals surface area contributed by atoms with Crippen molar-refractivity contribution >= 4 is 5.78 Å². The van der Waals surface area contributed by atoms with E-state index in [1.54, 1.807) is 23.5 Å². The molecule has 1 aromatic carbocycles. The van der Waals surface area contributed by atoms with Gasteiger partial charge in [0.25, 0.3) is 0 Å². The summed E-state index contributed by atoms with van der Waals surface area (Å²) in [6.45, 7) is -0.737. The van der Waals surface area contributed by atoms with Crippen LogP contribution in [0.2, 0.25) is 0 Å². The Morgan fingerprint density at radius 2 is 1.88 bits per heavy atom. The fourth-order valence-corrected chi connectivity index (χ4v) is 3.45. The Balaban J connectivity index is 1.89. The number of pyridine rings is 1. The maximum absolute atomic E-state index is 7.76. The zero-order valence-electron chi connectivity index (χ0n) is 21.3. The Labute approximate surface area is 162 Å². The first-order valence-electron chi connectivity index (χ1n) is 11.5. The number of fused-ring (bicyclic) bond motifs is 1. The fraction of sp³-hybridized carbons (Fsp3) is 0.273. The summed E-state index contributed by atoms with van der Waals surface area (Å²) in [5, 5.41) is 0. The van der Waals surface area contributed by atoms with Crippen molar-refractivity contribution in [3.8, 4) is 22.6 Å². The van der Waals surface area contributed by atoms with E-state index in [1.807, 2.05) is 60.6 Å². The summed E-state index contributed by atoms with van der Waals surface area (Å²) < 4.78 is 52.1. The monoisotopic (exact) mass is 351 g/mol. The minimum absolute atomic E-state index is 0.102. The van der Waals surface area contributed by atoms with Crippen LogP contribution >= 0.6 is 0 Å².